The van der Waals surface area contributed by atoms with Gasteiger partial charge in [-0.2, -0.15) is 5.10 Å². The number of nitrogens with zero attached hydrogens (tertiary/aromatic N) is 3. The number of nitrogens with one attached hydrogen (secondary N) is 1. The highest BCUT2D eigenvalue weighted by molar-refractivity contribution is 5.75. The minimum Gasteiger partial charge on any atom is -0.438 e. The Morgan fingerprint density at radius 1 is 1.16 bits per heavy atom. The third-order valence-electron chi connectivity index (χ3n) is 3.75. The normalized spacial score (nSPS) is 10.4. The van der Waals surface area contributed by atoms with Gasteiger partial charge in [0.15, 0.2) is 0 Å². The van der Waals surface area contributed by atoms with E-state index in [1.54, 1.807) is 17.1 Å². The van der Waals surface area contributed by atoms with E-state index in [4.69, 9.17) is 4.74 Å². The van der Waals surface area contributed by atoms with Gasteiger partial charge in [0.25, 0.3) is 0 Å². The molecule has 25 heavy (non-hydrogen) atoms. The Morgan fingerprint density at radius 2 is 2.04 bits per heavy atom. The number of rotatable bonds is 7. The van der Waals surface area contributed by atoms with Gasteiger partial charge in [-0.1, -0.05) is 24.3 Å². The molecule has 0 radical (unpaired) electrons. The van der Waals surface area contributed by atoms with Crippen LogP contribution in [0.3, 0.4) is 0 Å². The highest BCUT2D eigenvalue weighted by atomic mass is 16.5. The number of ether oxygens (including phenoxy) is 1. The molecule has 6 heteroatoms. The zero-order chi connectivity index (χ0) is 17.5. The van der Waals surface area contributed by atoms with E-state index in [1.807, 2.05) is 55.6 Å². The first-order chi connectivity index (χ1) is 12.2. The van der Waals surface area contributed by atoms with Gasteiger partial charge in [0.2, 0.25) is 11.8 Å². The zero-order valence-electron chi connectivity index (χ0n) is 14.1. The maximum atomic E-state index is 12.0. The number of pyridine rings is 1. The molecule has 1 amide bonds. The van der Waals surface area contributed by atoms with Crippen molar-refractivity contribution in [3.8, 4) is 11.6 Å². The first kappa shape index (κ1) is 16.7. The second kappa shape index (κ2) is 8.10. The smallest absolute Gasteiger partial charge is 0.224 e. The molecule has 0 bridgehead atoms. The number of carbonyl (C=O) groups is 1. The lowest BCUT2D eigenvalue weighted by atomic mass is 10.2. The van der Waals surface area contributed by atoms with E-state index >= 15 is 0 Å². The van der Waals surface area contributed by atoms with Crippen LogP contribution in [0.25, 0.3) is 0 Å². The van der Waals surface area contributed by atoms with E-state index in [9.17, 15) is 4.79 Å². The molecule has 0 atom stereocenters. The van der Waals surface area contributed by atoms with Crippen molar-refractivity contribution in [2.75, 3.05) is 0 Å². The standard InChI is InChI=1S/C19H20N4O2/c1-15-6-2-3-8-17(15)25-19-16(7-4-10-20-19)14-21-18(24)9-13-23-12-5-11-22-23/h2-8,10-12H,9,13-14H2,1H3,(H,21,24). The summed E-state index contributed by atoms with van der Waals surface area (Å²) < 4.78 is 7.65. The molecule has 6 nitrogen and oxygen atoms in total. The second-order valence-electron chi connectivity index (χ2n) is 5.63. The summed E-state index contributed by atoms with van der Waals surface area (Å²) in [6.07, 6.45) is 5.58. The molecule has 0 aliphatic rings. The van der Waals surface area contributed by atoms with Crippen molar-refractivity contribution in [1.82, 2.24) is 20.1 Å². The van der Waals surface area contributed by atoms with Crippen LogP contribution in [0.15, 0.2) is 61.1 Å². The molecule has 1 aromatic carbocycles. The Morgan fingerprint density at radius 3 is 2.84 bits per heavy atom. The molecule has 128 valence electrons. The van der Waals surface area contributed by atoms with Crippen molar-refractivity contribution in [1.29, 1.82) is 0 Å². The van der Waals surface area contributed by atoms with E-state index < -0.39 is 0 Å². The van der Waals surface area contributed by atoms with E-state index in [0.717, 1.165) is 16.9 Å². The molecule has 0 spiro atoms. The maximum absolute atomic E-state index is 12.0. The fourth-order valence-electron chi connectivity index (χ4n) is 2.36. The number of benzene rings is 1. The molecule has 2 aromatic heterocycles. The number of para-hydroxylation sites is 1. The lowest BCUT2D eigenvalue weighted by Crippen LogP contribution is -2.24. The van der Waals surface area contributed by atoms with Crippen molar-refractivity contribution >= 4 is 5.91 Å². The predicted molar refractivity (Wildman–Crippen MR) is 94.2 cm³/mol. The predicted octanol–water partition coefficient (Wildman–Crippen LogP) is 3.09. The van der Waals surface area contributed by atoms with Gasteiger partial charge in [-0.3, -0.25) is 9.48 Å². The summed E-state index contributed by atoms with van der Waals surface area (Å²) in [5, 5.41) is 6.98. The molecule has 0 unspecified atom stereocenters. The minimum absolute atomic E-state index is 0.0406. The molecule has 3 rings (SSSR count). The van der Waals surface area contributed by atoms with Crippen LogP contribution in [-0.4, -0.2) is 20.7 Å². The summed E-state index contributed by atoms with van der Waals surface area (Å²) in [5.74, 6) is 1.22. The summed E-state index contributed by atoms with van der Waals surface area (Å²) >= 11 is 0. The monoisotopic (exact) mass is 336 g/mol. The van der Waals surface area contributed by atoms with Crippen molar-refractivity contribution in [2.45, 2.75) is 26.4 Å². The van der Waals surface area contributed by atoms with Crippen LogP contribution in [0.5, 0.6) is 11.6 Å². The Balaban J connectivity index is 1.59. The fourth-order valence-corrected chi connectivity index (χ4v) is 2.36. The Kier molecular flexibility index (Phi) is 5.41. The molecule has 2 heterocycles. The number of carbonyl (C=O) groups excluding carboxylic acids is 1. The van der Waals surface area contributed by atoms with Gasteiger partial charge in [-0.25, -0.2) is 4.98 Å². The van der Waals surface area contributed by atoms with Crippen LogP contribution in [0.2, 0.25) is 0 Å². The topological polar surface area (TPSA) is 69.0 Å². The molecule has 0 aliphatic carbocycles. The zero-order valence-corrected chi connectivity index (χ0v) is 14.1. The average Bonchev–Trinajstić information content (AvgIpc) is 3.15. The summed E-state index contributed by atoms with van der Waals surface area (Å²) in [6, 6.07) is 13.3. The first-order valence-electron chi connectivity index (χ1n) is 8.14. The summed E-state index contributed by atoms with van der Waals surface area (Å²) in [5.41, 5.74) is 1.86. The van der Waals surface area contributed by atoms with E-state index in [0.29, 0.717) is 25.4 Å². The molecule has 0 saturated heterocycles. The van der Waals surface area contributed by atoms with Crippen molar-refractivity contribution < 1.29 is 9.53 Å². The number of hydrogen-bond acceptors (Lipinski definition) is 4. The van der Waals surface area contributed by atoms with Crippen LogP contribution in [0, 0.1) is 6.92 Å². The van der Waals surface area contributed by atoms with Crippen LogP contribution < -0.4 is 10.1 Å². The molecule has 0 saturated carbocycles. The van der Waals surface area contributed by atoms with Gasteiger partial charge in [-0.15, -0.1) is 0 Å². The van der Waals surface area contributed by atoms with Crippen LogP contribution in [0.1, 0.15) is 17.5 Å². The number of aryl methyl sites for hydroxylation is 2. The van der Waals surface area contributed by atoms with Crippen LogP contribution in [0.4, 0.5) is 0 Å². The van der Waals surface area contributed by atoms with Crippen molar-refractivity contribution in [3.63, 3.8) is 0 Å². The van der Waals surface area contributed by atoms with Gasteiger partial charge >= 0.3 is 0 Å². The quantitative estimate of drug-likeness (QED) is 0.720. The SMILES string of the molecule is Cc1ccccc1Oc1ncccc1CNC(=O)CCn1cccn1. The van der Waals surface area contributed by atoms with E-state index in [-0.39, 0.29) is 5.91 Å². The number of amides is 1. The number of aromatic nitrogens is 3. The Labute approximate surface area is 146 Å². The van der Waals surface area contributed by atoms with Gasteiger partial charge in [0, 0.05) is 43.7 Å². The van der Waals surface area contributed by atoms with Crippen LogP contribution in [-0.2, 0) is 17.9 Å². The molecule has 0 aliphatic heterocycles. The lowest BCUT2D eigenvalue weighted by molar-refractivity contribution is -0.121. The summed E-state index contributed by atoms with van der Waals surface area (Å²) in [4.78, 5) is 16.3. The van der Waals surface area contributed by atoms with Crippen molar-refractivity contribution in [2.24, 2.45) is 0 Å². The summed E-state index contributed by atoms with van der Waals surface area (Å²) in [6.45, 7) is 2.90. The molecule has 3 aromatic rings. The van der Waals surface area contributed by atoms with Crippen molar-refractivity contribution in [3.05, 3.63) is 72.2 Å². The highest BCUT2D eigenvalue weighted by Crippen LogP contribution is 2.25. The first-order valence-corrected chi connectivity index (χ1v) is 8.14. The largest absolute Gasteiger partial charge is 0.438 e. The third kappa shape index (κ3) is 4.67. The number of hydrogen-bond donors (Lipinski definition) is 1. The second-order valence-corrected chi connectivity index (χ2v) is 5.63. The van der Waals surface area contributed by atoms with Gasteiger partial charge in [-0.05, 0) is 30.7 Å². The molecule has 1 N–H and O–H groups in total. The third-order valence-corrected chi connectivity index (χ3v) is 3.75. The van der Waals surface area contributed by atoms with Crippen LogP contribution >= 0.6 is 0 Å². The van der Waals surface area contributed by atoms with E-state index in [2.05, 4.69) is 15.4 Å². The molecule has 0 fully saturated rings. The maximum Gasteiger partial charge on any atom is 0.224 e. The average molecular weight is 336 g/mol. The Hall–Kier alpha value is -3.15. The van der Waals surface area contributed by atoms with Gasteiger partial charge in [0.05, 0.1) is 0 Å². The summed E-state index contributed by atoms with van der Waals surface area (Å²) in [7, 11) is 0. The van der Waals surface area contributed by atoms with Gasteiger partial charge < -0.3 is 10.1 Å². The minimum atomic E-state index is -0.0406. The lowest BCUT2D eigenvalue weighted by Gasteiger charge is -2.12. The van der Waals surface area contributed by atoms with Gasteiger partial charge in [0.1, 0.15) is 5.75 Å². The molecular weight excluding hydrogens is 316 g/mol. The highest BCUT2D eigenvalue weighted by Gasteiger charge is 2.09. The fraction of sp³-hybridized carbons (Fsp3) is 0.211. The Bertz CT molecular complexity index is 831. The van der Waals surface area contributed by atoms with E-state index in [1.165, 1.54) is 0 Å². The molecular formula is C19H20N4O2.